The van der Waals surface area contributed by atoms with Gasteiger partial charge in [-0.3, -0.25) is 0 Å². The van der Waals surface area contributed by atoms with Crippen LogP contribution in [0.4, 0.5) is 4.79 Å². The molecule has 2 amide bonds. The monoisotopic (exact) mass is 358 g/mol. The van der Waals surface area contributed by atoms with Crippen molar-refractivity contribution in [3.8, 4) is 11.5 Å². The molecule has 132 valence electrons. The van der Waals surface area contributed by atoms with E-state index >= 15 is 0 Å². The third-order valence-electron chi connectivity index (χ3n) is 3.68. The normalized spacial score (nSPS) is 15.4. The largest absolute Gasteiger partial charge is 0.486 e. The average molecular weight is 358 g/mol. The number of amides is 2. The second kappa shape index (κ2) is 9.22. The summed E-state index contributed by atoms with van der Waals surface area (Å²) in [6, 6.07) is 17.6. The van der Waals surface area contributed by atoms with E-state index in [9.17, 15) is 4.79 Å². The summed E-state index contributed by atoms with van der Waals surface area (Å²) in [4.78, 5) is 13.1. The molecule has 0 aliphatic carbocycles. The number of ether oxygens (including phenoxy) is 2. The number of hydrogen-bond donors (Lipinski definition) is 2. The van der Waals surface area contributed by atoms with Crippen molar-refractivity contribution in [2.45, 2.75) is 17.4 Å². The van der Waals surface area contributed by atoms with E-state index in [1.807, 2.05) is 42.5 Å². The van der Waals surface area contributed by atoms with Gasteiger partial charge in [-0.05, 0) is 36.4 Å². The number of para-hydroxylation sites is 2. The Bertz CT molecular complexity index is 681. The maximum absolute atomic E-state index is 11.8. The van der Waals surface area contributed by atoms with Crippen LogP contribution in [0.15, 0.2) is 59.5 Å². The van der Waals surface area contributed by atoms with Gasteiger partial charge in [0.1, 0.15) is 6.61 Å². The molecule has 0 saturated heterocycles. The van der Waals surface area contributed by atoms with Gasteiger partial charge in [-0.25, -0.2) is 4.79 Å². The Labute approximate surface area is 152 Å². The molecule has 2 N–H and O–H groups in total. The summed E-state index contributed by atoms with van der Waals surface area (Å²) in [6.07, 6.45) is 0.748. The lowest BCUT2D eigenvalue weighted by Gasteiger charge is -2.26. The molecule has 0 spiro atoms. The first-order valence-electron chi connectivity index (χ1n) is 8.39. The van der Waals surface area contributed by atoms with E-state index in [2.05, 4.69) is 22.8 Å². The van der Waals surface area contributed by atoms with Gasteiger partial charge in [0.25, 0.3) is 0 Å². The lowest BCUT2D eigenvalue weighted by molar-refractivity contribution is 0.0918. The molecule has 5 nitrogen and oxygen atoms in total. The second-order valence-electron chi connectivity index (χ2n) is 5.65. The number of carbonyl (C=O) groups excluding carboxylic acids is 1. The number of carbonyl (C=O) groups is 1. The third-order valence-corrected chi connectivity index (χ3v) is 4.77. The molecule has 1 aliphatic heterocycles. The van der Waals surface area contributed by atoms with Crippen LogP contribution in [0, 0.1) is 0 Å². The zero-order valence-electron chi connectivity index (χ0n) is 13.9. The number of urea groups is 1. The summed E-state index contributed by atoms with van der Waals surface area (Å²) >= 11 is 1.79. The molecule has 0 fully saturated rings. The van der Waals surface area contributed by atoms with Gasteiger partial charge >= 0.3 is 6.03 Å². The second-order valence-corrected chi connectivity index (χ2v) is 6.82. The molecular weight excluding hydrogens is 336 g/mol. The van der Waals surface area contributed by atoms with E-state index in [4.69, 9.17) is 9.47 Å². The Morgan fingerprint density at radius 2 is 1.80 bits per heavy atom. The zero-order valence-corrected chi connectivity index (χ0v) is 14.8. The molecule has 2 aromatic carbocycles. The van der Waals surface area contributed by atoms with Gasteiger partial charge in [0.15, 0.2) is 17.6 Å². The van der Waals surface area contributed by atoms with Crippen LogP contribution in [-0.4, -0.2) is 37.6 Å². The quantitative estimate of drug-likeness (QED) is 0.589. The van der Waals surface area contributed by atoms with Gasteiger partial charge in [-0.2, -0.15) is 0 Å². The number of fused-ring (bicyclic) bond motifs is 1. The average Bonchev–Trinajstić information content (AvgIpc) is 2.67. The first-order valence-corrected chi connectivity index (χ1v) is 9.38. The van der Waals surface area contributed by atoms with E-state index in [0.717, 1.165) is 23.7 Å². The molecule has 1 unspecified atom stereocenters. The first-order chi connectivity index (χ1) is 12.3. The minimum atomic E-state index is -0.174. The highest BCUT2D eigenvalue weighted by molar-refractivity contribution is 7.99. The predicted molar refractivity (Wildman–Crippen MR) is 99.5 cm³/mol. The van der Waals surface area contributed by atoms with E-state index in [-0.39, 0.29) is 12.1 Å². The van der Waals surface area contributed by atoms with Crippen LogP contribution in [0.3, 0.4) is 0 Å². The summed E-state index contributed by atoms with van der Waals surface area (Å²) in [5.41, 5.74) is 0. The number of thioether (sulfide) groups is 1. The fraction of sp³-hybridized carbons (Fsp3) is 0.316. The Morgan fingerprint density at radius 3 is 2.64 bits per heavy atom. The van der Waals surface area contributed by atoms with Gasteiger partial charge in [0, 0.05) is 11.4 Å². The molecule has 1 heterocycles. The molecule has 6 heteroatoms. The van der Waals surface area contributed by atoms with Crippen molar-refractivity contribution < 1.29 is 14.3 Å². The molecule has 3 rings (SSSR count). The minimum Gasteiger partial charge on any atom is -0.486 e. The van der Waals surface area contributed by atoms with Gasteiger partial charge in [0.2, 0.25) is 0 Å². The van der Waals surface area contributed by atoms with Crippen LogP contribution in [0.2, 0.25) is 0 Å². The minimum absolute atomic E-state index is 0.172. The standard InChI is InChI=1S/C19H22N2O3S/c22-19(20-11-6-12-25-16-7-2-1-3-8-16)21-13-15-14-23-17-9-4-5-10-18(17)24-15/h1-5,7-10,15H,6,11-14H2,(H2,20,21,22). The number of nitrogens with one attached hydrogen (secondary N) is 2. The van der Waals surface area contributed by atoms with Crippen molar-refractivity contribution in [2.24, 2.45) is 0 Å². The molecule has 1 aliphatic rings. The number of benzene rings is 2. The van der Waals surface area contributed by atoms with Gasteiger partial charge in [-0.15, -0.1) is 11.8 Å². The maximum Gasteiger partial charge on any atom is 0.314 e. The highest BCUT2D eigenvalue weighted by Gasteiger charge is 2.20. The molecule has 25 heavy (non-hydrogen) atoms. The van der Waals surface area contributed by atoms with Gasteiger partial charge in [0.05, 0.1) is 6.54 Å². The Kier molecular flexibility index (Phi) is 6.45. The van der Waals surface area contributed by atoms with Gasteiger partial charge < -0.3 is 20.1 Å². The lowest BCUT2D eigenvalue weighted by atomic mass is 10.2. The summed E-state index contributed by atoms with van der Waals surface area (Å²) in [5.74, 6) is 2.44. The molecule has 0 bridgehead atoms. The Balaban J connectivity index is 1.27. The zero-order chi connectivity index (χ0) is 17.3. The topological polar surface area (TPSA) is 59.6 Å². The highest BCUT2D eigenvalue weighted by atomic mass is 32.2. The summed E-state index contributed by atoms with van der Waals surface area (Å²) in [7, 11) is 0. The van der Waals surface area contributed by atoms with Crippen LogP contribution < -0.4 is 20.1 Å². The van der Waals surface area contributed by atoms with E-state index in [1.54, 1.807) is 11.8 Å². The van der Waals surface area contributed by atoms with Crippen molar-refractivity contribution in [3.05, 3.63) is 54.6 Å². The smallest absolute Gasteiger partial charge is 0.314 e. The fourth-order valence-corrected chi connectivity index (χ4v) is 3.29. The fourth-order valence-electron chi connectivity index (χ4n) is 2.41. The maximum atomic E-state index is 11.8. The third kappa shape index (κ3) is 5.60. The molecule has 2 aromatic rings. The van der Waals surface area contributed by atoms with Gasteiger partial charge in [-0.1, -0.05) is 30.3 Å². The highest BCUT2D eigenvalue weighted by Crippen LogP contribution is 2.30. The predicted octanol–water partition coefficient (Wildman–Crippen LogP) is 3.31. The summed E-state index contributed by atoms with van der Waals surface area (Å²) in [5, 5.41) is 5.70. The number of rotatable bonds is 7. The van der Waals surface area contributed by atoms with Crippen LogP contribution in [0.1, 0.15) is 6.42 Å². The SMILES string of the molecule is O=C(NCCCSc1ccccc1)NCC1COc2ccccc2O1. The Hall–Kier alpha value is -2.34. The molecular formula is C19H22N2O3S. The van der Waals surface area contributed by atoms with Crippen LogP contribution >= 0.6 is 11.8 Å². The van der Waals surface area contributed by atoms with E-state index < -0.39 is 0 Å². The molecule has 0 saturated carbocycles. The van der Waals surface area contributed by atoms with Crippen molar-refractivity contribution in [2.75, 3.05) is 25.4 Å². The van der Waals surface area contributed by atoms with Crippen molar-refractivity contribution >= 4 is 17.8 Å². The molecule has 0 radical (unpaired) electrons. The van der Waals surface area contributed by atoms with Crippen LogP contribution in [0.5, 0.6) is 11.5 Å². The Morgan fingerprint density at radius 1 is 1.04 bits per heavy atom. The van der Waals surface area contributed by atoms with E-state index in [0.29, 0.717) is 19.7 Å². The van der Waals surface area contributed by atoms with Crippen molar-refractivity contribution in [3.63, 3.8) is 0 Å². The molecule has 1 atom stereocenters. The van der Waals surface area contributed by atoms with E-state index in [1.165, 1.54) is 4.90 Å². The number of hydrogen-bond acceptors (Lipinski definition) is 4. The molecule has 0 aromatic heterocycles. The van der Waals surface area contributed by atoms with Crippen LogP contribution in [0.25, 0.3) is 0 Å². The van der Waals surface area contributed by atoms with Crippen LogP contribution in [-0.2, 0) is 0 Å². The lowest BCUT2D eigenvalue weighted by Crippen LogP contribution is -2.44. The summed E-state index contributed by atoms with van der Waals surface area (Å²) < 4.78 is 11.4. The first kappa shape index (κ1) is 17.5. The summed E-state index contributed by atoms with van der Waals surface area (Å²) in [6.45, 7) is 1.50. The van der Waals surface area contributed by atoms with Crippen molar-refractivity contribution in [1.82, 2.24) is 10.6 Å². The van der Waals surface area contributed by atoms with Crippen molar-refractivity contribution in [1.29, 1.82) is 0 Å².